The van der Waals surface area contributed by atoms with E-state index >= 15 is 0 Å². The maximum Gasteiger partial charge on any atom is 0.167 e. The third-order valence-corrected chi connectivity index (χ3v) is 31.1. The van der Waals surface area contributed by atoms with Gasteiger partial charge in [0.1, 0.15) is 33.5 Å². The summed E-state index contributed by atoms with van der Waals surface area (Å²) >= 11 is 5.33. The third kappa shape index (κ3) is 14.9. The summed E-state index contributed by atoms with van der Waals surface area (Å²) in [5, 5.41) is 20.6. The number of furan rings is 3. The van der Waals surface area contributed by atoms with E-state index in [4.69, 9.17) is 58.1 Å². The molecule has 0 radical (unpaired) electrons. The number of hydrogen-bond acceptors (Lipinski definition) is 15. The van der Waals surface area contributed by atoms with Gasteiger partial charge in [0.25, 0.3) is 0 Å². The van der Waals surface area contributed by atoms with E-state index in [0.717, 1.165) is 159 Å². The van der Waals surface area contributed by atoms with Gasteiger partial charge in [-0.05, 0) is 169 Å². The van der Waals surface area contributed by atoms with Gasteiger partial charge in [-0.25, -0.2) is 44.9 Å². The van der Waals surface area contributed by atoms with Crippen LogP contribution >= 0.6 is 34.0 Å². The molecule has 9 heterocycles. The average Bonchev–Trinajstić information content (AvgIpc) is 1.59. The van der Waals surface area contributed by atoms with Gasteiger partial charge in [0, 0.05) is 137 Å². The Kier molecular flexibility index (Phi) is 20.2. The van der Waals surface area contributed by atoms with Crippen LogP contribution in [0.4, 0.5) is 0 Å². The van der Waals surface area contributed by atoms with Crippen molar-refractivity contribution in [3.8, 4) is 136 Å². The lowest BCUT2D eigenvalue weighted by molar-refractivity contribution is 0.669. The van der Waals surface area contributed by atoms with E-state index < -0.39 is 0 Å². The normalized spacial score (nSPS) is 11.8. The first-order chi connectivity index (χ1) is 71.3. The molecular weight excluding hydrogens is 1820 g/mol. The molecule has 144 heavy (non-hydrogen) atoms. The molecule has 0 saturated carbocycles. The van der Waals surface area contributed by atoms with Crippen molar-refractivity contribution < 1.29 is 13.3 Å². The van der Waals surface area contributed by atoms with Gasteiger partial charge in [-0.15, -0.1) is 34.0 Å². The van der Waals surface area contributed by atoms with Crippen molar-refractivity contribution >= 4 is 193 Å². The Hall–Kier alpha value is -18.5. The Balaban J connectivity index is 0.000000105. The van der Waals surface area contributed by atoms with Gasteiger partial charge in [0.15, 0.2) is 52.4 Å². The molecule has 21 aromatic carbocycles. The number of aromatic nitrogens is 9. The minimum Gasteiger partial charge on any atom is -0.456 e. The molecule has 0 N–H and O–H groups in total. The highest BCUT2D eigenvalue weighted by Gasteiger charge is 2.26. The van der Waals surface area contributed by atoms with Gasteiger partial charge in [0.2, 0.25) is 0 Å². The van der Waals surface area contributed by atoms with E-state index in [9.17, 15) is 0 Å². The van der Waals surface area contributed by atoms with Gasteiger partial charge >= 0.3 is 0 Å². The van der Waals surface area contributed by atoms with Gasteiger partial charge in [-0.1, -0.05) is 352 Å². The van der Waals surface area contributed by atoms with Crippen molar-refractivity contribution in [1.82, 2.24) is 44.9 Å². The predicted molar refractivity (Wildman–Crippen MR) is 598 cm³/mol. The Labute approximate surface area is 835 Å². The smallest absolute Gasteiger partial charge is 0.167 e. The Bertz CT molecular complexity index is 10300. The lowest BCUT2D eigenvalue weighted by Gasteiger charge is -2.10. The zero-order valence-corrected chi connectivity index (χ0v) is 79.2. The molecule has 0 aliphatic heterocycles. The Morgan fingerprint density at radius 3 is 0.847 bits per heavy atom. The Morgan fingerprint density at radius 1 is 0.146 bits per heavy atom. The zero-order valence-electron chi connectivity index (χ0n) is 76.8. The summed E-state index contributed by atoms with van der Waals surface area (Å²) in [4.78, 5) is 46.4. The molecule has 30 rings (SSSR count). The van der Waals surface area contributed by atoms with Crippen LogP contribution in [0.5, 0.6) is 0 Å². The first-order valence-corrected chi connectivity index (χ1v) is 50.3. The molecule has 30 aromatic rings. The van der Waals surface area contributed by atoms with Crippen molar-refractivity contribution in [3.05, 3.63) is 455 Å². The van der Waals surface area contributed by atoms with E-state index in [2.05, 4.69) is 406 Å². The lowest BCUT2D eigenvalue weighted by atomic mass is 10.0. The highest BCUT2D eigenvalue weighted by Crippen LogP contribution is 2.48. The predicted octanol–water partition coefficient (Wildman–Crippen LogP) is 35.9. The molecule has 12 nitrogen and oxygen atoms in total. The number of nitrogens with zero attached hydrogens (tertiary/aromatic N) is 9. The topological polar surface area (TPSA) is 155 Å². The summed E-state index contributed by atoms with van der Waals surface area (Å²) in [6.07, 6.45) is 0. The molecule has 0 saturated heterocycles. The second-order valence-corrected chi connectivity index (χ2v) is 39.2. The Morgan fingerprint density at radius 2 is 0.417 bits per heavy atom. The minimum absolute atomic E-state index is 0.578. The van der Waals surface area contributed by atoms with Crippen molar-refractivity contribution in [1.29, 1.82) is 0 Å². The monoisotopic (exact) mass is 1890 g/mol. The molecule has 0 amide bonds. The van der Waals surface area contributed by atoms with Crippen LogP contribution in [0, 0.1) is 0 Å². The molecule has 0 atom stereocenters. The highest BCUT2D eigenvalue weighted by molar-refractivity contribution is 7.27. The van der Waals surface area contributed by atoms with Crippen LogP contribution in [0.3, 0.4) is 0 Å². The second-order valence-electron chi connectivity index (χ2n) is 36.1. The van der Waals surface area contributed by atoms with E-state index in [1.54, 1.807) is 34.0 Å². The standard InChI is InChI=1S/3C43H25N3OS/c1-2-10-26(11-3-1)27-20-22-28(23-21-27)41-44-42(46-43(45-41)35-18-9-16-33-31-14-6-7-19-38(31)48-40(33)35)34-17-8-15-32-36-24-29-12-4-5-13-30(29)25-37(36)47-39(32)34;1-2-10-26(11-3-1)27-20-22-28(23-21-27)41-44-42(46-43(45-41)34-17-8-15-32-31-14-6-7-19-38(31)48-40(32)34)33-16-9-18-36-39(33)35-24-29-12-4-5-13-30(29)25-37(35)47-36;1-2-9-26(10-3-1)27-17-19-28(20-18-27)41-44-42(46-43(45-41)34-15-8-14-33-32-13-6-7-16-39(32)48-40(33)34)31-21-22-37-35(24-31)36-23-29-11-4-5-12-30(29)25-38(36)47-37/h3*1-25H. The van der Waals surface area contributed by atoms with Crippen LogP contribution in [-0.2, 0) is 0 Å². The summed E-state index contributed by atoms with van der Waals surface area (Å²) < 4.78 is 26.6. The highest BCUT2D eigenvalue weighted by atomic mass is 32.1. The van der Waals surface area contributed by atoms with E-state index in [0.29, 0.717) is 52.4 Å². The van der Waals surface area contributed by atoms with Gasteiger partial charge in [-0.3, -0.25) is 0 Å². The summed E-state index contributed by atoms with van der Waals surface area (Å²) in [5.74, 6) is 5.63. The molecular formula is C129H75N9O3S3. The summed E-state index contributed by atoms with van der Waals surface area (Å²) in [6.45, 7) is 0. The van der Waals surface area contributed by atoms with Crippen molar-refractivity contribution in [2.24, 2.45) is 0 Å². The van der Waals surface area contributed by atoms with Crippen LogP contribution in [0.1, 0.15) is 0 Å². The van der Waals surface area contributed by atoms with E-state index in [1.807, 2.05) is 48.5 Å². The lowest BCUT2D eigenvalue weighted by Crippen LogP contribution is -2.00. The first kappa shape index (κ1) is 83.6. The molecule has 0 unspecified atom stereocenters. The van der Waals surface area contributed by atoms with E-state index in [1.165, 1.54) is 83.3 Å². The summed E-state index contributed by atoms with van der Waals surface area (Å²) in [5.41, 5.74) is 20.3. The summed E-state index contributed by atoms with van der Waals surface area (Å²) in [7, 11) is 0. The van der Waals surface area contributed by atoms with Gasteiger partial charge < -0.3 is 13.3 Å². The van der Waals surface area contributed by atoms with Crippen molar-refractivity contribution in [2.75, 3.05) is 0 Å². The van der Waals surface area contributed by atoms with Crippen LogP contribution in [0.2, 0.25) is 0 Å². The molecule has 0 aliphatic carbocycles. The van der Waals surface area contributed by atoms with Crippen LogP contribution in [-0.4, -0.2) is 44.9 Å². The fourth-order valence-corrected chi connectivity index (χ4v) is 23.9. The molecule has 0 fully saturated rings. The number of para-hydroxylation sites is 1. The van der Waals surface area contributed by atoms with Crippen molar-refractivity contribution in [2.45, 2.75) is 0 Å². The third-order valence-electron chi connectivity index (χ3n) is 27.4. The maximum atomic E-state index is 6.61. The number of fused-ring (bicyclic) bond motifs is 21. The fourth-order valence-electron chi connectivity index (χ4n) is 20.3. The van der Waals surface area contributed by atoms with Gasteiger partial charge in [-0.2, -0.15) is 0 Å². The largest absolute Gasteiger partial charge is 0.456 e. The number of benzene rings is 21. The van der Waals surface area contributed by atoms with E-state index in [-0.39, 0.29) is 0 Å². The molecule has 0 bridgehead atoms. The molecule has 9 aromatic heterocycles. The van der Waals surface area contributed by atoms with Crippen LogP contribution < -0.4 is 0 Å². The zero-order chi connectivity index (χ0) is 94.8. The SMILES string of the molecule is c1ccc(-c2ccc(-c3nc(-c4ccc5oc6cc7ccccc7cc6c5c4)nc(-c4cccc5c4sc4ccccc45)n3)cc2)cc1.c1ccc(-c2ccc(-c3nc(-c4cccc5c4oc4cc6ccccc6cc45)nc(-c4cccc5c4sc4ccccc45)n3)cc2)cc1.c1ccc(-c2ccc(-c3nc(-c4cccc5c4sc4ccccc45)nc(-c4cccc5oc6cc7ccccc7cc6c45)n3)cc2)cc1. The minimum atomic E-state index is 0.578. The van der Waals surface area contributed by atoms with Crippen LogP contribution in [0.25, 0.3) is 295 Å². The number of thiophene rings is 3. The fraction of sp³-hybridized carbons (Fsp3) is 0. The maximum absolute atomic E-state index is 6.61. The molecule has 0 spiro atoms. The first-order valence-electron chi connectivity index (χ1n) is 47.8. The molecule has 15 heteroatoms. The molecule has 0 aliphatic rings. The quantitative estimate of drug-likeness (QED) is 0.114. The molecule has 672 valence electrons. The van der Waals surface area contributed by atoms with Crippen LogP contribution in [0.15, 0.2) is 468 Å². The van der Waals surface area contributed by atoms with Gasteiger partial charge in [0.05, 0.1) is 5.56 Å². The average molecular weight is 1900 g/mol. The number of hydrogen-bond donors (Lipinski definition) is 0. The summed E-state index contributed by atoms with van der Waals surface area (Å²) in [6, 6.07) is 158. The van der Waals surface area contributed by atoms with Crippen molar-refractivity contribution in [3.63, 3.8) is 0 Å². The second kappa shape index (κ2) is 34.8. The number of rotatable bonds is 12.